The summed E-state index contributed by atoms with van der Waals surface area (Å²) >= 11 is 0. The fraction of sp³-hybridized carbons (Fsp3) is 0.167. The van der Waals surface area contributed by atoms with Crippen LogP contribution in [0.2, 0.25) is 0 Å². The fourth-order valence-electron chi connectivity index (χ4n) is 6.70. The van der Waals surface area contributed by atoms with Gasteiger partial charge in [-0.15, -0.1) is 0 Å². The van der Waals surface area contributed by atoms with Crippen LogP contribution in [-0.4, -0.2) is 30.1 Å². The van der Waals surface area contributed by atoms with Crippen LogP contribution in [0.5, 0.6) is 0 Å². The minimum Gasteiger partial charge on any atom is -0.376 e. The molecule has 0 aromatic heterocycles. The van der Waals surface area contributed by atoms with Crippen LogP contribution in [0.1, 0.15) is 34.2 Å². The zero-order valence-electron chi connectivity index (χ0n) is 24.9. The lowest BCUT2D eigenvalue weighted by molar-refractivity contribution is 0.0902. The molecule has 0 heterocycles. The number of hydrogen-bond acceptors (Lipinski definition) is 3. The van der Waals surface area contributed by atoms with Crippen LogP contribution in [0.15, 0.2) is 121 Å². The summed E-state index contributed by atoms with van der Waals surface area (Å²) in [5.74, 6) is -3.94. The van der Waals surface area contributed by atoms with Gasteiger partial charge in [0.1, 0.15) is 29.1 Å². The Bertz CT molecular complexity index is 1630. The quantitative estimate of drug-likeness (QED) is 0.0829. The van der Waals surface area contributed by atoms with Crippen LogP contribution < -0.4 is 0 Å². The Morgan fingerprint density at radius 3 is 0.911 bits per heavy atom. The minimum absolute atomic E-state index is 0.124. The SMILES string of the molecule is CO[Si](OC)(OC)C(CC(c1ccccc1F)(c1ccccc1F)c1ccccc1F)(c1ccccc1F)c1ccccc1F. The molecule has 0 radical (unpaired) electrons. The maximum atomic E-state index is 16.4. The van der Waals surface area contributed by atoms with Gasteiger partial charge in [-0.05, 0) is 36.8 Å². The summed E-state index contributed by atoms with van der Waals surface area (Å²) in [5, 5.41) is -2.07. The molecule has 0 fully saturated rings. The van der Waals surface area contributed by atoms with E-state index in [1.807, 2.05) is 0 Å². The summed E-state index contributed by atoms with van der Waals surface area (Å²) in [6.07, 6.45) is -0.591. The zero-order valence-corrected chi connectivity index (χ0v) is 25.9. The number of benzene rings is 5. The van der Waals surface area contributed by atoms with Gasteiger partial charge < -0.3 is 13.3 Å². The van der Waals surface area contributed by atoms with Crippen LogP contribution in [-0.2, 0) is 23.7 Å². The van der Waals surface area contributed by atoms with Gasteiger partial charge in [0.25, 0.3) is 0 Å². The molecule has 0 aliphatic rings. The standard InChI is InChI=1S/C36H31F5O3Si/c1-42-45(43-2,44-3)36(28-17-7-12-22-33(28)40,29-18-8-13-23-34(29)41)24-35(25-14-4-9-19-30(25)37,26-15-5-10-20-31(26)38)27-16-6-11-21-32(27)39/h4-23H,24H2,1-3H3. The largest absolute Gasteiger partial charge is 0.516 e. The molecule has 9 heteroatoms. The van der Waals surface area contributed by atoms with E-state index >= 15 is 22.0 Å². The highest BCUT2D eigenvalue weighted by molar-refractivity contribution is 6.65. The first kappa shape index (κ1) is 32.2. The third-order valence-corrected chi connectivity index (χ3v) is 11.9. The summed E-state index contributed by atoms with van der Waals surface area (Å²) in [6.45, 7) is 0. The summed E-state index contributed by atoms with van der Waals surface area (Å²) in [6, 6.07) is 28.0. The zero-order chi connectivity index (χ0) is 32.2. The molecule has 5 aromatic carbocycles. The molecule has 5 rings (SSSR count). The molecular weight excluding hydrogens is 603 g/mol. The Balaban J connectivity index is 2.10. The molecule has 0 N–H and O–H groups in total. The van der Waals surface area contributed by atoms with E-state index < -0.39 is 54.8 Å². The Hall–Kier alpha value is -4.15. The molecule has 0 atom stereocenters. The van der Waals surface area contributed by atoms with Crippen molar-refractivity contribution in [1.29, 1.82) is 0 Å². The van der Waals surface area contributed by atoms with Crippen LogP contribution in [0.3, 0.4) is 0 Å². The van der Waals surface area contributed by atoms with Crippen LogP contribution in [0.4, 0.5) is 22.0 Å². The molecular formula is C36H31F5O3Si. The van der Waals surface area contributed by atoms with E-state index in [4.69, 9.17) is 13.3 Å². The van der Waals surface area contributed by atoms with E-state index in [0.717, 1.165) is 0 Å². The molecule has 0 aliphatic heterocycles. The van der Waals surface area contributed by atoms with Crippen molar-refractivity contribution < 1.29 is 35.2 Å². The van der Waals surface area contributed by atoms with Crippen LogP contribution >= 0.6 is 0 Å². The Labute approximate surface area is 260 Å². The molecule has 3 nitrogen and oxygen atoms in total. The first-order valence-corrected chi connectivity index (χ1v) is 15.9. The maximum absolute atomic E-state index is 16.4. The van der Waals surface area contributed by atoms with E-state index in [1.54, 1.807) is 12.1 Å². The van der Waals surface area contributed by atoms with Gasteiger partial charge in [0.05, 0.1) is 10.5 Å². The van der Waals surface area contributed by atoms with Crippen molar-refractivity contribution >= 4 is 8.80 Å². The monoisotopic (exact) mass is 634 g/mol. The fourth-order valence-corrected chi connectivity index (χ4v) is 9.79. The second-order valence-electron chi connectivity index (χ2n) is 10.6. The van der Waals surface area contributed by atoms with E-state index in [9.17, 15) is 0 Å². The molecule has 232 valence electrons. The molecule has 5 aromatic rings. The number of hydrogen-bond donors (Lipinski definition) is 0. The van der Waals surface area contributed by atoms with Gasteiger partial charge in [0, 0.05) is 49.1 Å². The lowest BCUT2D eigenvalue weighted by atomic mass is 9.62. The lowest BCUT2D eigenvalue weighted by Gasteiger charge is -2.50. The van der Waals surface area contributed by atoms with Gasteiger partial charge in [-0.2, -0.15) is 0 Å². The normalized spacial score (nSPS) is 12.4. The predicted octanol–water partition coefficient (Wildman–Crippen LogP) is 8.51. The molecule has 0 saturated heterocycles. The highest BCUT2D eigenvalue weighted by Gasteiger charge is 2.67. The van der Waals surface area contributed by atoms with Crippen molar-refractivity contribution in [2.75, 3.05) is 21.3 Å². The highest BCUT2D eigenvalue weighted by Crippen LogP contribution is 2.56. The minimum atomic E-state index is -4.45. The summed E-state index contributed by atoms with van der Waals surface area (Å²) < 4.78 is 99.9. The molecule has 0 amide bonds. The first-order chi connectivity index (χ1) is 21.7. The van der Waals surface area contributed by atoms with Crippen molar-refractivity contribution in [1.82, 2.24) is 0 Å². The lowest BCUT2D eigenvalue weighted by Crippen LogP contribution is -2.65. The van der Waals surface area contributed by atoms with Crippen molar-refractivity contribution in [3.8, 4) is 0 Å². The van der Waals surface area contributed by atoms with Crippen molar-refractivity contribution in [3.05, 3.63) is 178 Å². The number of rotatable bonds is 11. The topological polar surface area (TPSA) is 27.7 Å². The molecule has 0 unspecified atom stereocenters. The number of halogens is 5. The van der Waals surface area contributed by atoms with Gasteiger partial charge in [0.2, 0.25) is 0 Å². The molecule has 45 heavy (non-hydrogen) atoms. The summed E-state index contributed by atoms with van der Waals surface area (Å²) in [5.41, 5.74) is -2.74. The molecule has 0 bridgehead atoms. The second kappa shape index (κ2) is 13.1. The van der Waals surface area contributed by atoms with Gasteiger partial charge in [-0.25, -0.2) is 22.0 Å². The van der Waals surface area contributed by atoms with Crippen molar-refractivity contribution in [2.24, 2.45) is 0 Å². The third-order valence-electron chi connectivity index (χ3n) is 8.53. The molecule has 0 spiro atoms. The molecule has 0 aliphatic carbocycles. The average Bonchev–Trinajstić information content (AvgIpc) is 3.05. The van der Waals surface area contributed by atoms with Crippen LogP contribution in [0.25, 0.3) is 0 Å². The highest BCUT2D eigenvalue weighted by atomic mass is 28.4. The van der Waals surface area contributed by atoms with E-state index in [2.05, 4.69) is 0 Å². The molecule has 0 saturated carbocycles. The van der Waals surface area contributed by atoms with Crippen molar-refractivity contribution in [3.63, 3.8) is 0 Å². The van der Waals surface area contributed by atoms with E-state index in [1.165, 1.54) is 131 Å². The smallest absolute Gasteiger partial charge is 0.376 e. The predicted molar refractivity (Wildman–Crippen MR) is 164 cm³/mol. The average molecular weight is 635 g/mol. The Kier molecular flexibility index (Phi) is 9.36. The Morgan fingerprint density at radius 1 is 0.422 bits per heavy atom. The van der Waals surface area contributed by atoms with Gasteiger partial charge in [-0.1, -0.05) is 91.0 Å². The summed E-state index contributed by atoms with van der Waals surface area (Å²) in [7, 11) is -0.596. The Morgan fingerprint density at radius 2 is 0.667 bits per heavy atom. The van der Waals surface area contributed by atoms with Crippen molar-refractivity contribution in [2.45, 2.75) is 16.9 Å². The second-order valence-corrected chi connectivity index (χ2v) is 13.7. The van der Waals surface area contributed by atoms with E-state index in [-0.39, 0.29) is 27.8 Å². The summed E-state index contributed by atoms with van der Waals surface area (Å²) in [4.78, 5) is 0. The third kappa shape index (κ3) is 5.19. The van der Waals surface area contributed by atoms with Gasteiger partial charge in [0.15, 0.2) is 0 Å². The first-order valence-electron chi connectivity index (χ1n) is 14.1. The maximum Gasteiger partial charge on any atom is 0.516 e. The van der Waals surface area contributed by atoms with Gasteiger partial charge in [-0.3, -0.25) is 0 Å². The van der Waals surface area contributed by atoms with Crippen LogP contribution in [0, 0.1) is 29.1 Å². The van der Waals surface area contributed by atoms with E-state index in [0.29, 0.717) is 0 Å². The van der Waals surface area contributed by atoms with Gasteiger partial charge >= 0.3 is 8.80 Å².